The number of amides is 1. The first kappa shape index (κ1) is 21.1. The van der Waals surface area contributed by atoms with E-state index in [0.717, 1.165) is 19.3 Å². The Labute approximate surface area is 171 Å². The van der Waals surface area contributed by atoms with Crippen LogP contribution in [0.3, 0.4) is 0 Å². The number of benzene rings is 1. The van der Waals surface area contributed by atoms with Gasteiger partial charge in [-0.2, -0.15) is 0 Å². The fourth-order valence-corrected chi connectivity index (χ4v) is 3.99. The predicted molar refractivity (Wildman–Crippen MR) is 110 cm³/mol. The average molecular weight is 399 g/mol. The molecule has 1 aromatic rings. The topological polar surface area (TPSA) is 84.9 Å². The maximum absolute atomic E-state index is 12.2. The molecule has 3 rings (SSSR count). The Morgan fingerprint density at radius 1 is 1.21 bits per heavy atom. The van der Waals surface area contributed by atoms with E-state index < -0.39 is 18.2 Å². The Kier molecular flexibility index (Phi) is 7.47. The molecule has 1 aromatic carbocycles. The quantitative estimate of drug-likeness (QED) is 0.575. The minimum atomic E-state index is -0.806. The third-order valence-electron chi connectivity index (χ3n) is 5.46. The SMILES string of the molecule is C[C@H]1CCC/C=C/[C@@H]2C[C@H](OC(=O)Nc3ccccc3)C[C@H]2[C@H](O)C=CC(=O)O1. The summed E-state index contributed by atoms with van der Waals surface area (Å²) < 4.78 is 10.9. The molecule has 1 aliphatic carbocycles. The number of ether oxygens (including phenoxy) is 2. The van der Waals surface area contributed by atoms with Crippen molar-refractivity contribution in [3.05, 3.63) is 54.6 Å². The number of para-hydroxylation sites is 1. The summed E-state index contributed by atoms with van der Waals surface area (Å²) in [4.78, 5) is 24.1. The number of carbonyl (C=O) groups excluding carboxylic acids is 2. The molecular formula is C23H29NO5. The van der Waals surface area contributed by atoms with Gasteiger partial charge in [-0.05, 0) is 69.1 Å². The van der Waals surface area contributed by atoms with Gasteiger partial charge in [0.2, 0.25) is 0 Å². The summed E-state index contributed by atoms with van der Waals surface area (Å²) in [7, 11) is 0. The standard InChI is InChI=1S/C23H29NO5/c1-16-8-4-2-5-9-17-14-19(15-20(17)21(25)12-13-22(26)28-16)29-23(27)24-18-10-6-3-7-11-18/h3,5-7,9-13,16-17,19-21,25H,2,4,8,14-15H2,1H3,(H,24,27)/b9-5+,13-12?/t16-,17+,19-,20+,21+/m0/s1. The van der Waals surface area contributed by atoms with Crippen molar-refractivity contribution in [3.63, 3.8) is 0 Å². The van der Waals surface area contributed by atoms with E-state index in [1.165, 1.54) is 12.2 Å². The smallest absolute Gasteiger partial charge is 0.411 e. The van der Waals surface area contributed by atoms with Crippen molar-refractivity contribution in [3.8, 4) is 0 Å². The lowest BCUT2D eigenvalue weighted by Gasteiger charge is -2.19. The van der Waals surface area contributed by atoms with Gasteiger partial charge in [-0.25, -0.2) is 9.59 Å². The summed E-state index contributed by atoms with van der Waals surface area (Å²) in [5, 5.41) is 13.3. The van der Waals surface area contributed by atoms with Crippen LogP contribution >= 0.6 is 0 Å². The third-order valence-corrected chi connectivity index (χ3v) is 5.46. The highest BCUT2D eigenvalue weighted by atomic mass is 16.6. The number of fused-ring (bicyclic) bond motifs is 1. The number of rotatable bonds is 2. The Bertz CT molecular complexity index is 745. The summed E-state index contributed by atoms with van der Waals surface area (Å²) in [6.07, 6.45) is 9.08. The monoisotopic (exact) mass is 399 g/mol. The second-order valence-electron chi connectivity index (χ2n) is 7.77. The highest BCUT2D eigenvalue weighted by Crippen LogP contribution is 2.38. The summed E-state index contributed by atoms with van der Waals surface area (Å²) in [5.74, 6) is -0.477. The number of allylic oxidation sites excluding steroid dienone is 2. The first-order valence-corrected chi connectivity index (χ1v) is 10.3. The average Bonchev–Trinajstić information content (AvgIpc) is 3.08. The molecule has 0 aromatic heterocycles. The van der Waals surface area contributed by atoms with E-state index in [9.17, 15) is 14.7 Å². The van der Waals surface area contributed by atoms with E-state index in [1.54, 1.807) is 12.1 Å². The van der Waals surface area contributed by atoms with Crippen LogP contribution in [0.4, 0.5) is 10.5 Å². The Morgan fingerprint density at radius 2 is 2.00 bits per heavy atom. The summed E-state index contributed by atoms with van der Waals surface area (Å²) >= 11 is 0. The maximum atomic E-state index is 12.2. The number of carbonyl (C=O) groups is 2. The van der Waals surface area contributed by atoms with Gasteiger partial charge in [-0.1, -0.05) is 30.4 Å². The van der Waals surface area contributed by atoms with Gasteiger partial charge < -0.3 is 14.6 Å². The lowest BCUT2D eigenvalue weighted by Crippen LogP contribution is -2.23. The van der Waals surface area contributed by atoms with Crippen LogP contribution in [-0.4, -0.2) is 35.5 Å². The fraction of sp³-hybridized carbons (Fsp3) is 0.478. The van der Waals surface area contributed by atoms with Gasteiger partial charge in [-0.15, -0.1) is 0 Å². The summed E-state index contributed by atoms with van der Waals surface area (Å²) in [5.41, 5.74) is 0.675. The third kappa shape index (κ3) is 6.46. The highest BCUT2D eigenvalue weighted by Gasteiger charge is 2.38. The number of aliphatic hydroxyl groups excluding tert-OH is 1. The molecule has 2 aliphatic rings. The van der Waals surface area contributed by atoms with Crippen molar-refractivity contribution in [1.82, 2.24) is 0 Å². The van der Waals surface area contributed by atoms with Crippen LogP contribution < -0.4 is 5.32 Å². The molecule has 6 heteroatoms. The van der Waals surface area contributed by atoms with Crippen LogP contribution in [0.25, 0.3) is 0 Å². The second-order valence-corrected chi connectivity index (χ2v) is 7.77. The van der Waals surface area contributed by atoms with E-state index >= 15 is 0 Å². The highest BCUT2D eigenvalue weighted by molar-refractivity contribution is 5.84. The van der Waals surface area contributed by atoms with Gasteiger partial charge in [-0.3, -0.25) is 5.32 Å². The minimum Gasteiger partial charge on any atom is -0.460 e. The van der Waals surface area contributed by atoms with E-state index in [-0.39, 0.29) is 24.0 Å². The maximum Gasteiger partial charge on any atom is 0.411 e. The van der Waals surface area contributed by atoms with Crippen molar-refractivity contribution >= 4 is 17.7 Å². The largest absolute Gasteiger partial charge is 0.460 e. The second kappa shape index (κ2) is 10.3. The molecule has 0 saturated heterocycles. The molecule has 2 N–H and O–H groups in total. The van der Waals surface area contributed by atoms with E-state index in [0.29, 0.717) is 18.5 Å². The number of hydrogen-bond acceptors (Lipinski definition) is 5. The van der Waals surface area contributed by atoms with Crippen molar-refractivity contribution in [1.29, 1.82) is 0 Å². The molecule has 5 atom stereocenters. The summed E-state index contributed by atoms with van der Waals surface area (Å²) in [6.45, 7) is 1.88. The first-order valence-electron chi connectivity index (χ1n) is 10.3. The van der Waals surface area contributed by atoms with Crippen LogP contribution in [-0.2, 0) is 14.3 Å². The zero-order chi connectivity index (χ0) is 20.6. The molecule has 29 heavy (non-hydrogen) atoms. The molecule has 0 unspecified atom stereocenters. The van der Waals surface area contributed by atoms with Gasteiger partial charge in [0.25, 0.3) is 0 Å². The number of aliphatic hydroxyl groups is 1. The molecule has 6 nitrogen and oxygen atoms in total. The number of cyclic esters (lactones) is 1. The Hall–Kier alpha value is -2.60. The fourth-order valence-electron chi connectivity index (χ4n) is 3.99. The van der Waals surface area contributed by atoms with E-state index in [4.69, 9.17) is 9.47 Å². The molecule has 1 heterocycles. The lowest BCUT2D eigenvalue weighted by molar-refractivity contribution is -0.142. The number of anilines is 1. The molecule has 1 fully saturated rings. The molecule has 0 radical (unpaired) electrons. The summed E-state index contributed by atoms with van der Waals surface area (Å²) in [6, 6.07) is 9.14. The van der Waals surface area contributed by atoms with E-state index in [2.05, 4.69) is 17.5 Å². The van der Waals surface area contributed by atoms with Crippen molar-refractivity contribution in [2.75, 3.05) is 5.32 Å². The molecule has 1 aliphatic heterocycles. The van der Waals surface area contributed by atoms with Crippen LogP contribution in [0.2, 0.25) is 0 Å². The molecule has 1 amide bonds. The lowest BCUT2D eigenvalue weighted by atomic mass is 9.90. The van der Waals surface area contributed by atoms with Crippen LogP contribution in [0.15, 0.2) is 54.6 Å². The van der Waals surface area contributed by atoms with Crippen molar-refractivity contribution in [2.24, 2.45) is 11.8 Å². The van der Waals surface area contributed by atoms with Crippen LogP contribution in [0.1, 0.15) is 39.0 Å². The Morgan fingerprint density at radius 3 is 2.79 bits per heavy atom. The van der Waals surface area contributed by atoms with Gasteiger partial charge >= 0.3 is 12.1 Å². The number of nitrogens with one attached hydrogen (secondary N) is 1. The van der Waals surface area contributed by atoms with Gasteiger partial charge in [0.15, 0.2) is 0 Å². The molecular weight excluding hydrogens is 370 g/mol. The number of esters is 1. The van der Waals surface area contributed by atoms with Gasteiger partial charge in [0.1, 0.15) is 6.10 Å². The molecule has 156 valence electrons. The minimum absolute atomic E-state index is 0.0818. The zero-order valence-electron chi connectivity index (χ0n) is 16.7. The van der Waals surface area contributed by atoms with Crippen LogP contribution in [0.5, 0.6) is 0 Å². The normalized spacial score (nSPS) is 31.4. The molecule has 1 saturated carbocycles. The van der Waals surface area contributed by atoms with Crippen LogP contribution in [0, 0.1) is 11.8 Å². The number of hydrogen-bond donors (Lipinski definition) is 2. The van der Waals surface area contributed by atoms with Crippen molar-refractivity contribution < 1.29 is 24.2 Å². The Balaban J connectivity index is 1.64. The first-order chi connectivity index (χ1) is 14.0. The predicted octanol–water partition coefficient (Wildman–Crippen LogP) is 4.22. The van der Waals surface area contributed by atoms with E-state index in [1.807, 2.05) is 25.1 Å². The molecule has 0 spiro atoms. The zero-order valence-corrected chi connectivity index (χ0v) is 16.7. The van der Waals surface area contributed by atoms with Crippen molar-refractivity contribution in [2.45, 2.75) is 57.3 Å². The van der Waals surface area contributed by atoms with Gasteiger partial charge in [0, 0.05) is 11.8 Å². The molecule has 0 bridgehead atoms. The van der Waals surface area contributed by atoms with Gasteiger partial charge in [0.05, 0.1) is 12.2 Å².